The van der Waals surface area contributed by atoms with Gasteiger partial charge in [0.05, 0.1) is 6.54 Å². The molecule has 1 aromatic rings. The van der Waals surface area contributed by atoms with E-state index in [1.165, 1.54) is 0 Å². The van der Waals surface area contributed by atoms with Crippen LogP contribution >= 0.6 is 0 Å². The van der Waals surface area contributed by atoms with E-state index in [4.69, 9.17) is 4.74 Å². The van der Waals surface area contributed by atoms with Crippen LogP contribution in [-0.2, 0) is 4.79 Å². The van der Waals surface area contributed by atoms with Crippen LogP contribution in [0.25, 0.3) is 0 Å². The van der Waals surface area contributed by atoms with Crippen LogP contribution in [0.1, 0.15) is 12.8 Å². The molecule has 0 unspecified atom stereocenters. The minimum atomic E-state index is -0.797. The largest absolute Gasteiger partial charge is 0.491 e. The van der Waals surface area contributed by atoms with Gasteiger partial charge in [0.25, 0.3) is 0 Å². The first kappa shape index (κ1) is 14.8. The summed E-state index contributed by atoms with van der Waals surface area (Å²) in [5.74, 6) is 0.782. The SMILES string of the molecule is CNC(=O)CN1CCC(O)(COc2ccccc2)CC1. The molecular weight excluding hydrogens is 256 g/mol. The van der Waals surface area contributed by atoms with Crippen molar-refractivity contribution in [3.05, 3.63) is 30.3 Å². The van der Waals surface area contributed by atoms with Crippen molar-refractivity contribution >= 4 is 5.91 Å². The first-order chi connectivity index (χ1) is 9.61. The van der Waals surface area contributed by atoms with Gasteiger partial charge in [-0.1, -0.05) is 18.2 Å². The molecule has 0 spiro atoms. The topological polar surface area (TPSA) is 61.8 Å². The van der Waals surface area contributed by atoms with E-state index in [9.17, 15) is 9.90 Å². The number of para-hydroxylation sites is 1. The second-order valence-electron chi connectivity index (χ2n) is 5.28. The van der Waals surface area contributed by atoms with Crippen LogP contribution in [-0.4, -0.2) is 54.8 Å². The van der Waals surface area contributed by atoms with E-state index in [1.54, 1.807) is 7.05 Å². The van der Waals surface area contributed by atoms with Crippen molar-refractivity contribution in [2.45, 2.75) is 18.4 Å². The summed E-state index contributed by atoms with van der Waals surface area (Å²) in [6, 6.07) is 9.50. The molecule has 1 aromatic carbocycles. The highest BCUT2D eigenvalue weighted by atomic mass is 16.5. The van der Waals surface area contributed by atoms with Crippen LogP contribution in [0.15, 0.2) is 30.3 Å². The number of hydrogen-bond acceptors (Lipinski definition) is 4. The minimum absolute atomic E-state index is 0.0102. The number of likely N-dealkylation sites (tertiary alicyclic amines) is 1. The molecule has 1 amide bonds. The predicted molar refractivity (Wildman–Crippen MR) is 76.6 cm³/mol. The van der Waals surface area contributed by atoms with Crippen molar-refractivity contribution < 1.29 is 14.6 Å². The normalized spacial score (nSPS) is 18.5. The lowest BCUT2D eigenvalue weighted by Crippen LogP contribution is -2.49. The maximum atomic E-state index is 11.3. The molecule has 0 radical (unpaired) electrons. The smallest absolute Gasteiger partial charge is 0.233 e. The highest BCUT2D eigenvalue weighted by molar-refractivity contribution is 5.77. The Hall–Kier alpha value is -1.59. The molecule has 0 bridgehead atoms. The fourth-order valence-electron chi connectivity index (χ4n) is 2.29. The lowest BCUT2D eigenvalue weighted by Gasteiger charge is -2.37. The summed E-state index contributed by atoms with van der Waals surface area (Å²) in [5.41, 5.74) is -0.797. The molecule has 0 atom stereocenters. The standard InChI is InChI=1S/C15H22N2O3/c1-16-14(18)11-17-9-7-15(19,8-10-17)12-20-13-5-3-2-4-6-13/h2-6,19H,7-12H2,1H3,(H,16,18). The Morgan fingerprint density at radius 1 is 1.35 bits per heavy atom. The summed E-state index contributed by atoms with van der Waals surface area (Å²) >= 11 is 0. The van der Waals surface area contributed by atoms with Gasteiger partial charge in [0, 0.05) is 20.1 Å². The zero-order chi connectivity index (χ0) is 14.4. The van der Waals surface area contributed by atoms with E-state index in [0.717, 1.165) is 5.75 Å². The molecule has 110 valence electrons. The molecule has 5 nitrogen and oxygen atoms in total. The van der Waals surface area contributed by atoms with Crippen LogP contribution in [0, 0.1) is 0 Å². The summed E-state index contributed by atoms with van der Waals surface area (Å²) < 4.78 is 5.64. The molecule has 1 fully saturated rings. The van der Waals surface area contributed by atoms with Gasteiger partial charge in [-0.2, -0.15) is 0 Å². The van der Waals surface area contributed by atoms with Crippen LogP contribution in [0.3, 0.4) is 0 Å². The monoisotopic (exact) mass is 278 g/mol. The van der Waals surface area contributed by atoms with Crippen LogP contribution in [0.4, 0.5) is 0 Å². The highest BCUT2D eigenvalue weighted by Gasteiger charge is 2.33. The number of carbonyl (C=O) groups is 1. The van der Waals surface area contributed by atoms with E-state index >= 15 is 0 Å². The lowest BCUT2D eigenvalue weighted by atomic mass is 9.92. The van der Waals surface area contributed by atoms with Crippen LogP contribution in [0.5, 0.6) is 5.75 Å². The summed E-state index contributed by atoms with van der Waals surface area (Å²) in [4.78, 5) is 13.4. The van der Waals surface area contributed by atoms with Crippen molar-refractivity contribution in [3.8, 4) is 5.75 Å². The second-order valence-corrected chi connectivity index (χ2v) is 5.28. The van der Waals surface area contributed by atoms with Crippen molar-refractivity contribution in [3.63, 3.8) is 0 Å². The fraction of sp³-hybridized carbons (Fsp3) is 0.533. The molecule has 1 saturated heterocycles. The van der Waals surface area contributed by atoms with Gasteiger partial charge in [0.1, 0.15) is 18.0 Å². The molecule has 1 heterocycles. The summed E-state index contributed by atoms with van der Waals surface area (Å²) in [6.07, 6.45) is 1.24. The van der Waals surface area contributed by atoms with Gasteiger partial charge in [0.2, 0.25) is 5.91 Å². The maximum Gasteiger partial charge on any atom is 0.233 e. The Morgan fingerprint density at radius 2 is 2.00 bits per heavy atom. The third-order valence-corrected chi connectivity index (χ3v) is 3.68. The number of carbonyl (C=O) groups excluding carboxylic acids is 1. The minimum Gasteiger partial charge on any atom is -0.491 e. The number of benzene rings is 1. The number of rotatable bonds is 5. The van der Waals surface area contributed by atoms with Crippen molar-refractivity contribution in [1.29, 1.82) is 0 Å². The molecule has 0 aromatic heterocycles. The summed E-state index contributed by atoms with van der Waals surface area (Å²) in [6.45, 7) is 2.11. The zero-order valence-corrected chi connectivity index (χ0v) is 11.8. The fourth-order valence-corrected chi connectivity index (χ4v) is 2.29. The Labute approximate surface area is 119 Å². The molecule has 0 aliphatic carbocycles. The third-order valence-electron chi connectivity index (χ3n) is 3.68. The van der Waals surface area contributed by atoms with Gasteiger partial charge in [-0.15, -0.1) is 0 Å². The quantitative estimate of drug-likeness (QED) is 0.829. The van der Waals surface area contributed by atoms with Gasteiger partial charge in [-0.3, -0.25) is 9.69 Å². The number of likely N-dealkylation sites (N-methyl/N-ethyl adjacent to an activating group) is 1. The van der Waals surface area contributed by atoms with Crippen LogP contribution < -0.4 is 10.1 Å². The van der Waals surface area contributed by atoms with Gasteiger partial charge in [-0.25, -0.2) is 0 Å². The first-order valence-electron chi connectivity index (χ1n) is 6.94. The molecule has 0 saturated carbocycles. The number of amides is 1. The number of hydrogen-bond donors (Lipinski definition) is 2. The highest BCUT2D eigenvalue weighted by Crippen LogP contribution is 2.23. The Kier molecular flexibility index (Phi) is 4.98. The van der Waals surface area contributed by atoms with Gasteiger partial charge < -0.3 is 15.2 Å². The van der Waals surface area contributed by atoms with E-state index in [0.29, 0.717) is 39.1 Å². The zero-order valence-electron chi connectivity index (χ0n) is 11.8. The average Bonchev–Trinajstić information content (AvgIpc) is 2.49. The van der Waals surface area contributed by atoms with Crippen molar-refractivity contribution in [2.75, 3.05) is 33.3 Å². The lowest BCUT2D eigenvalue weighted by molar-refractivity contribution is -0.123. The second kappa shape index (κ2) is 6.72. The number of aliphatic hydroxyl groups is 1. The molecule has 1 aliphatic heterocycles. The predicted octanol–water partition coefficient (Wildman–Crippen LogP) is 0.638. The molecular formula is C15H22N2O3. The van der Waals surface area contributed by atoms with Crippen molar-refractivity contribution in [2.24, 2.45) is 0 Å². The number of ether oxygens (including phenoxy) is 1. The van der Waals surface area contributed by atoms with Gasteiger partial charge in [0.15, 0.2) is 0 Å². The number of nitrogens with one attached hydrogen (secondary N) is 1. The van der Waals surface area contributed by atoms with Crippen molar-refractivity contribution in [1.82, 2.24) is 10.2 Å². The third kappa shape index (κ3) is 4.21. The molecule has 2 N–H and O–H groups in total. The molecule has 5 heteroatoms. The Bertz CT molecular complexity index is 428. The Morgan fingerprint density at radius 3 is 2.60 bits per heavy atom. The Balaban J connectivity index is 1.78. The molecule has 2 rings (SSSR count). The molecule has 1 aliphatic rings. The van der Waals surface area contributed by atoms with E-state index in [1.807, 2.05) is 30.3 Å². The number of nitrogens with zero attached hydrogens (tertiary/aromatic N) is 1. The van der Waals surface area contributed by atoms with E-state index in [-0.39, 0.29) is 5.91 Å². The average molecular weight is 278 g/mol. The summed E-state index contributed by atoms with van der Waals surface area (Å²) in [7, 11) is 1.64. The van der Waals surface area contributed by atoms with Crippen LogP contribution in [0.2, 0.25) is 0 Å². The van der Waals surface area contributed by atoms with E-state index in [2.05, 4.69) is 10.2 Å². The number of piperidine rings is 1. The summed E-state index contributed by atoms with van der Waals surface area (Å²) in [5, 5.41) is 13.1. The van der Waals surface area contributed by atoms with Gasteiger partial charge in [-0.05, 0) is 25.0 Å². The maximum absolute atomic E-state index is 11.3. The van der Waals surface area contributed by atoms with E-state index < -0.39 is 5.60 Å². The van der Waals surface area contributed by atoms with Gasteiger partial charge >= 0.3 is 0 Å². The molecule has 20 heavy (non-hydrogen) atoms. The first-order valence-corrected chi connectivity index (χ1v) is 6.94.